The van der Waals surface area contributed by atoms with Crippen LogP contribution in [0.15, 0.2) is 34.7 Å². The van der Waals surface area contributed by atoms with E-state index in [1.54, 1.807) is 0 Å². The summed E-state index contributed by atoms with van der Waals surface area (Å²) in [6, 6.07) is 9.63. The molecule has 136 valence electrons. The van der Waals surface area contributed by atoms with Crippen LogP contribution >= 0.6 is 0 Å². The summed E-state index contributed by atoms with van der Waals surface area (Å²) < 4.78 is 11.6. The summed E-state index contributed by atoms with van der Waals surface area (Å²) in [6.45, 7) is 1.82. The zero-order valence-electron chi connectivity index (χ0n) is 15.1. The number of carbonyl (C=O) groups excluding carboxylic acids is 1. The van der Waals surface area contributed by atoms with Crippen LogP contribution in [0.4, 0.5) is 0 Å². The van der Waals surface area contributed by atoms with Gasteiger partial charge in [-0.2, -0.15) is 0 Å². The molecule has 0 spiro atoms. The van der Waals surface area contributed by atoms with E-state index in [0.29, 0.717) is 11.8 Å². The maximum atomic E-state index is 13.0. The number of carbonyl (C=O) groups is 1. The number of aromatic nitrogens is 2. The Bertz CT molecular complexity index is 778. The molecule has 1 atom stereocenters. The van der Waals surface area contributed by atoms with Gasteiger partial charge in [-0.15, -0.1) is 10.2 Å². The molecule has 0 N–H and O–H groups in total. The fourth-order valence-electron chi connectivity index (χ4n) is 5.79. The number of ether oxygens (including phenoxy) is 1. The highest BCUT2D eigenvalue weighted by molar-refractivity contribution is 5.77. The first-order valence-electron chi connectivity index (χ1n) is 9.71. The second-order valence-electron chi connectivity index (χ2n) is 8.56. The monoisotopic (exact) mass is 352 g/mol. The van der Waals surface area contributed by atoms with Crippen LogP contribution in [0.5, 0.6) is 0 Å². The van der Waals surface area contributed by atoms with Crippen molar-refractivity contribution < 1.29 is 13.9 Å². The summed E-state index contributed by atoms with van der Waals surface area (Å²) in [7, 11) is 0. The van der Waals surface area contributed by atoms with Gasteiger partial charge in [0.25, 0.3) is 5.89 Å². The van der Waals surface area contributed by atoms with Gasteiger partial charge >= 0.3 is 5.97 Å². The quantitative estimate of drug-likeness (QED) is 0.755. The molecule has 1 aromatic heterocycles. The maximum Gasteiger partial charge on any atom is 0.312 e. The molecular formula is C21H24N2O3. The normalized spacial score (nSPS) is 33.2. The Morgan fingerprint density at radius 2 is 1.69 bits per heavy atom. The highest BCUT2D eigenvalue weighted by Gasteiger charge is 2.55. The lowest BCUT2D eigenvalue weighted by Crippen LogP contribution is -2.50. The number of benzene rings is 1. The van der Waals surface area contributed by atoms with Gasteiger partial charge in [0.15, 0.2) is 6.10 Å². The smallest absolute Gasteiger partial charge is 0.312 e. The average Bonchev–Trinajstić information content (AvgIpc) is 3.11. The van der Waals surface area contributed by atoms with E-state index < -0.39 is 6.10 Å². The standard InChI is InChI=1S/C21H24N2O3/c1-13(18-22-23-19(26-18)17-5-3-2-4-6-17)25-20(24)21-10-14-7-15(11-21)9-16(8-14)12-21/h2-6,13-16H,7-12H2,1H3/t13-,14?,15?,16?,21?/m0/s1. The van der Waals surface area contributed by atoms with Crippen molar-refractivity contribution in [2.75, 3.05) is 0 Å². The van der Waals surface area contributed by atoms with Crippen LogP contribution in [0.3, 0.4) is 0 Å². The molecule has 4 fully saturated rings. The van der Waals surface area contributed by atoms with Crippen LogP contribution in [0, 0.1) is 23.2 Å². The largest absolute Gasteiger partial charge is 0.452 e. The lowest BCUT2D eigenvalue weighted by molar-refractivity contribution is -0.177. The number of hydrogen-bond acceptors (Lipinski definition) is 5. The van der Waals surface area contributed by atoms with Crippen molar-refractivity contribution in [3.8, 4) is 11.5 Å². The molecule has 0 saturated heterocycles. The van der Waals surface area contributed by atoms with Crippen LogP contribution < -0.4 is 0 Å². The van der Waals surface area contributed by atoms with Gasteiger partial charge in [-0.25, -0.2) is 0 Å². The van der Waals surface area contributed by atoms with E-state index in [2.05, 4.69) is 10.2 Å². The maximum absolute atomic E-state index is 13.0. The second kappa shape index (κ2) is 5.93. The SMILES string of the molecule is C[C@H](OC(=O)C12CC3CC(CC(C3)C1)C2)c1nnc(-c2ccccc2)o1. The van der Waals surface area contributed by atoms with Gasteiger partial charge in [0.05, 0.1) is 5.41 Å². The molecule has 0 unspecified atom stereocenters. The van der Waals surface area contributed by atoms with E-state index in [1.807, 2.05) is 37.3 Å². The van der Waals surface area contributed by atoms with Crippen LogP contribution in [-0.2, 0) is 9.53 Å². The highest BCUT2D eigenvalue weighted by atomic mass is 16.6. The van der Waals surface area contributed by atoms with Gasteiger partial charge in [-0.1, -0.05) is 18.2 Å². The van der Waals surface area contributed by atoms with Crippen molar-refractivity contribution in [3.63, 3.8) is 0 Å². The third-order valence-electron chi connectivity index (χ3n) is 6.56. The number of rotatable bonds is 4. The molecule has 1 heterocycles. The molecule has 6 rings (SSSR count). The van der Waals surface area contributed by atoms with Crippen molar-refractivity contribution in [2.45, 2.75) is 51.6 Å². The van der Waals surface area contributed by atoms with Crippen molar-refractivity contribution >= 4 is 5.97 Å². The van der Waals surface area contributed by atoms with E-state index in [-0.39, 0.29) is 11.4 Å². The summed E-state index contributed by atoms with van der Waals surface area (Å²) in [4.78, 5) is 13.0. The molecule has 4 bridgehead atoms. The van der Waals surface area contributed by atoms with Crippen molar-refractivity contribution in [3.05, 3.63) is 36.2 Å². The van der Waals surface area contributed by atoms with Crippen molar-refractivity contribution in [1.29, 1.82) is 0 Å². The van der Waals surface area contributed by atoms with E-state index in [1.165, 1.54) is 19.3 Å². The fourth-order valence-corrected chi connectivity index (χ4v) is 5.79. The first-order chi connectivity index (χ1) is 12.6. The minimum Gasteiger partial charge on any atom is -0.452 e. The molecule has 26 heavy (non-hydrogen) atoms. The van der Waals surface area contributed by atoms with Crippen molar-refractivity contribution in [1.82, 2.24) is 10.2 Å². The van der Waals surface area contributed by atoms with Gasteiger partial charge in [0.2, 0.25) is 5.89 Å². The third kappa shape index (κ3) is 2.65. The van der Waals surface area contributed by atoms with Crippen molar-refractivity contribution in [2.24, 2.45) is 23.2 Å². The molecule has 4 aliphatic rings. The second-order valence-corrected chi connectivity index (χ2v) is 8.56. The van der Waals surface area contributed by atoms with Gasteiger partial charge in [0, 0.05) is 5.56 Å². The molecule has 2 aromatic rings. The van der Waals surface area contributed by atoms with Crippen LogP contribution in [0.1, 0.15) is 57.4 Å². The molecule has 5 heteroatoms. The predicted octanol–water partition coefficient (Wildman–Crippen LogP) is 4.56. The van der Waals surface area contributed by atoms with Crippen LogP contribution in [0.2, 0.25) is 0 Å². The Morgan fingerprint density at radius 3 is 2.31 bits per heavy atom. The third-order valence-corrected chi connectivity index (χ3v) is 6.56. The zero-order chi connectivity index (χ0) is 17.7. The van der Waals surface area contributed by atoms with E-state index in [0.717, 1.165) is 42.6 Å². The summed E-state index contributed by atoms with van der Waals surface area (Å²) in [5.41, 5.74) is 0.608. The number of nitrogens with zero attached hydrogens (tertiary/aromatic N) is 2. The molecular weight excluding hydrogens is 328 g/mol. The topological polar surface area (TPSA) is 65.2 Å². The summed E-state index contributed by atoms with van der Waals surface area (Å²) in [5.74, 6) is 2.93. The lowest BCUT2D eigenvalue weighted by atomic mass is 9.49. The Balaban J connectivity index is 1.31. The highest BCUT2D eigenvalue weighted by Crippen LogP contribution is 2.60. The lowest BCUT2D eigenvalue weighted by Gasteiger charge is -2.55. The number of hydrogen-bond donors (Lipinski definition) is 0. The molecule has 0 amide bonds. The Morgan fingerprint density at radius 1 is 1.08 bits per heavy atom. The number of esters is 1. The van der Waals surface area contributed by atoms with Gasteiger partial charge < -0.3 is 9.15 Å². The Labute approximate surface area is 153 Å². The van der Waals surface area contributed by atoms with Crippen LogP contribution in [-0.4, -0.2) is 16.2 Å². The summed E-state index contributed by atoms with van der Waals surface area (Å²) >= 11 is 0. The van der Waals surface area contributed by atoms with E-state index in [9.17, 15) is 4.79 Å². The molecule has 1 aromatic carbocycles. The Hall–Kier alpha value is -2.17. The van der Waals surface area contributed by atoms with Gasteiger partial charge in [-0.05, 0) is 75.3 Å². The summed E-state index contributed by atoms with van der Waals surface area (Å²) in [6.07, 6.45) is 6.43. The minimum atomic E-state index is -0.513. The Kier molecular flexibility index (Phi) is 3.66. The first kappa shape index (κ1) is 16.0. The molecule has 4 aliphatic carbocycles. The van der Waals surface area contributed by atoms with Gasteiger partial charge in [0.1, 0.15) is 0 Å². The molecule has 0 radical (unpaired) electrons. The average molecular weight is 352 g/mol. The van der Waals surface area contributed by atoms with E-state index in [4.69, 9.17) is 9.15 Å². The fraction of sp³-hybridized carbons (Fsp3) is 0.571. The van der Waals surface area contributed by atoms with Crippen LogP contribution in [0.25, 0.3) is 11.5 Å². The van der Waals surface area contributed by atoms with Gasteiger partial charge in [-0.3, -0.25) is 4.79 Å². The predicted molar refractivity (Wildman–Crippen MR) is 94.8 cm³/mol. The first-order valence-corrected chi connectivity index (χ1v) is 9.71. The minimum absolute atomic E-state index is 0.0523. The summed E-state index contributed by atoms with van der Waals surface area (Å²) in [5, 5.41) is 8.20. The van der Waals surface area contributed by atoms with E-state index >= 15 is 0 Å². The molecule has 4 saturated carbocycles. The molecule has 5 nitrogen and oxygen atoms in total. The zero-order valence-corrected chi connectivity index (χ0v) is 15.1. The molecule has 0 aliphatic heterocycles.